The lowest BCUT2D eigenvalue weighted by molar-refractivity contribution is -0.135. The highest BCUT2D eigenvalue weighted by atomic mass is 32.1. The minimum Gasteiger partial charge on any atom is -0.340 e. The molecule has 0 bridgehead atoms. The van der Waals surface area contributed by atoms with E-state index in [0.29, 0.717) is 0 Å². The summed E-state index contributed by atoms with van der Waals surface area (Å²) in [6, 6.07) is 12.6. The van der Waals surface area contributed by atoms with E-state index < -0.39 is 0 Å². The summed E-state index contributed by atoms with van der Waals surface area (Å²) in [5.74, 6) is 0.227. The average Bonchev–Trinajstić information content (AvgIpc) is 3.04. The van der Waals surface area contributed by atoms with Gasteiger partial charge in [0.2, 0.25) is 5.91 Å². The molecule has 110 valence electrons. The van der Waals surface area contributed by atoms with E-state index in [2.05, 4.69) is 47.1 Å². The lowest BCUT2D eigenvalue weighted by Crippen LogP contribution is -2.55. The Labute approximate surface area is 129 Å². The summed E-state index contributed by atoms with van der Waals surface area (Å²) in [6.45, 7) is 4.54. The fraction of sp³-hybridized carbons (Fsp3) is 0.353. The van der Waals surface area contributed by atoms with Gasteiger partial charge in [0.1, 0.15) is 0 Å². The molecule has 1 N–H and O–H groups in total. The molecule has 21 heavy (non-hydrogen) atoms. The van der Waals surface area contributed by atoms with E-state index in [-0.39, 0.29) is 11.9 Å². The number of hydrogen-bond donors (Lipinski definition) is 1. The van der Waals surface area contributed by atoms with Crippen LogP contribution >= 0.6 is 11.3 Å². The molecule has 4 heteroatoms. The number of carbonyl (C=O) groups is 1. The molecule has 1 amide bonds. The third-order valence-corrected chi connectivity index (χ3v) is 4.86. The van der Waals surface area contributed by atoms with Crippen LogP contribution in [0.3, 0.4) is 0 Å². The van der Waals surface area contributed by atoms with Gasteiger partial charge in [-0.15, -0.1) is 11.3 Å². The molecule has 1 aliphatic heterocycles. The second-order valence-electron chi connectivity index (χ2n) is 5.31. The van der Waals surface area contributed by atoms with Crippen molar-refractivity contribution in [3.8, 4) is 10.4 Å². The van der Waals surface area contributed by atoms with Gasteiger partial charge in [-0.2, -0.15) is 0 Å². The van der Waals surface area contributed by atoms with Gasteiger partial charge in [-0.05, 0) is 35.9 Å². The largest absolute Gasteiger partial charge is 0.340 e. The number of nitrogens with one attached hydrogen (secondary N) is 1. The summed E-state index contributed by atoms with van der Waals surface area (Å²) in [6.07, 6.45) is 0.758. The Morgan fingerprint density at radius 2 is 2.24 bits per heavy atom. The van der Waals surface area contributed by atoms with Crippen LogP contribution in [-0.4, -0.2) is 36.5 Å². The van der Waals surface area contributed by atoms with E-state index in [4.69, 9.17) is 0 Å². The van der Waals surface area contributed by atoms with Gasteiger partial charge in [-0.25, -0.2) is 0 Å². The Kier molecular flexibility index (Phi) is 4.36. The smallest absolute Gasteiger partial charge is 0.240 e. The van der Waals surface area contributed by atoms with Gasteiger partial charge in [0.15, 0.2) is 0 Å². The number of rotatable bonds is 4. The van der Waals surface area contributed by atoms with E-state index in [1.165, 1.54) is 16.0 Å². The van der Waals surface area contributed by atoms with E-state index >= 15 is 0 Å². The number of carbonyl (C=O) groups excluding carboxylic acids is 1. The molecule has 0 aliphatic carbocycles. The molecule has 3 nitrogen and oxygen atoms in total. The molecule has 3 rings (SSSR count). The lowest BCUT2D eigenvalue weighted by Gasteiger charge is -2.32. The fourth-order valence-electron chi connectivity index (χ4n) is 2.80. The minimum atomic E-state index is -0.0858. The van der Waals surface area contributed by atoms with Crippen molar-refractivity contribution >= 4 is 17.2 Å². The first-order chi connectivity index (χ1) is 10.3. The van der Waals surface area contributed by atoms with Crippen molar-refractivity contribution in [2.45, 2.75) is 19.4 Å². The number of amides is 1. The predicted octanol–water partition coefficient (Wildman–Crippen LogP) is 2.78. The highest BCUT2D eigenvalue weighted by Crippen LogP contribution is 2.25. The molecular weight excluding hydrogens is 280 g/mol. The van der Waals surface area contributed by atoms with E-state index in [9.17, 15) is 4.79 Å². The van der Waals surface area contributed by atoms with Crippen LogP contribution in [0.15, 0.2) is 41.8 Å². The van der Waals surface area contributed by atoms with Crippen molar-refractivity contribution in [3.05, 3.63) is 47.3 Å². The SMILES string of the molecule is CCN1CCNC(Cc2cccc(-c3cccs3)c2)C1=O. The second-order valence-corrected chi connectivity index (χ2v) is 6.25. The van der Waals surface area contributed by atoms with Crippen LogP contribution in [-0.2, 0) is 11.2 Å². The molecule has 2 heterocycles. The summed E-state index contributed by atoms with van der Waals surface area (Å²) < 4.78 is 0. The Hall–Kier alpha value is -1.65. The minimum absolute atomic E-state index is 0.0858. The molecule has 1 aliphatic rings. The van der Waals surface area contributed by atoms with E-state index in [1.807, 2.05) is 11.8 Å². The number of benzene rings is 1. The first kappa shape index (κ1) is 14.3. The number of nitrogens with zero attached hydrogens (tertiary/aromatic N) is 1. The molecule has 0 radical (unpaired) electrons. The zero-order valence-electron chi connectivity index (χ0n) is 12.2. The van der Waals surface area contributed by atoms with Crippen LogP contribution in [0.4, 0.5) is 0 Å². The number of piperazine rings is 1. The molecule has 1 atom stereocenters. The Balaban J connectivity index is 1.76. The van der Waals surface area contributed by atoms with Crippen molar-refractivity contribution in [3.63, 3.8) is 0 Å². The maximum atomic E-state index is 12.3. The number of likely N-dealkylation sites (N-methyl/N-ethyl adjacent to an activating group) is 1. The normalized spacial score (nSPS) is 19.0. The van der Waals surface area contributed by atoms with Crippen molar-refractivity contribution in [1.82, 2.24) is 10.2 Å². The van der Waals surface area contributed by atoms with Crippen LogP contribution in [0.2, 0.25) is 0 Å². The first-order valence-electron chi connectivity index (χ1n) is 7.43. The summed E-state index contributed by atoms with van der Waals surface area (Å²) in [7, 11) is 0. The van der Waals surface area contributed by atoms with Crippen molar-refractivity contribution < 1.29 is 4.79 Å². The van der Waals surface area contributed by atoms with E-state index in [0.717, 1.165) is 26.1 Å². The topological polar surface area (TPSA) is 32.3 Å². The molecule has 1 fully saturated rings. The lowest BCUT2D eigenvalue weighted by atomic mass is 10.0. The average molecular weight is 300 g/mol. The van der Waals surface area contributed by atoms with E-state index in [1.54, 1.807) is 11.3 Å². The second kappa shape index (κ2) is 6.41. The molecule has 1 aromatic carbocycles. The van der Waals surface area contributed by atoms with Gasteiger partial charge in [-0.1, -0.05) is 30.3 Å². The summed E-state index contributed by atoms with van der Waals surface area (Å²) in [5.41, 5.74) is 2.45. The van der Waals surface area contributed by atoms with Crippen LogP contribution in [0.5, 0.6) is 0 Å². The molecule has 1 unspecified atom stereocenters. The number of hydrogen-bond acceptors (Lipinski definition) is 3. The maximum Gasteiger partial charge on any atom is 0.240 e. The van der Waals surface area contributed by atoms with Crippen LogP contribution in [0.1, 0.15) is 12.5 Å². The third-order valence-electron chi connectivity index (χ3n) is 3.94. The summed E-state index contributed by atoms with van der Waals surface area (Å²) in [4.78, 5) is 15.5. The zero-order chi connectivity index (χ0) is 14.7. The standard InChI is InChI=1S/C17H20N2OS/c1-2-19-9-8-18-15(17(19)20)12-13-5-3-6-14(11-13)16-7-4-10-21-16/h3-7,10-11,15,18H,2,8-9,12H2,1H3. The first-order valence-corrected chi connectivity index (χ1v) is 8.31. The van der Waals surface area contributed by atoms with Gasteiger partial charge in [0.25, 0.3) is 0 Å². The molecule has 0 spiro atoms. The fourth-order valence-corrected chi connectivity index (χ4v) is 3.52. The van der Waals surface area contributed by atoms with Gasteiger partial charge in [-0.3, -0.25) is 4.79 Å². The van der Waals surface area contributed by atoms with Crippen LogP contribution < -0.4 is 5.32 Å². The van der Waals surface area contributed by atoms with Gasteiger partial charge < -0.3 is 10.2 Å². The third kappa shape index (κ3) is 3.17. The Morgan fingerprint density at radius 1 is 1.33 bits per heavy atom. The number of thiophene rings is 1. The molecule has 2 aromatic rings. The summed E-state index contributed by atoms with van der Waals surface area (Å²) in [5, 5.41) is 5.44. The van der Waals surface area contributed by atoms with Crippen LogP contribution in [0, 0.1) is 0 Å². The highest BCUT2D eigenvalue weighted by Gasteiger charge is 2.27. The monoisotopic (exact) mass is 300 g/mol. The van der Waals surface area contributed by atoms with Crippen molar-refractivity contribution in [2.75, 3.05) is 19.6 Å². The van der Waals surface area contributed by atoms with Gasteiger partial charge >= 0.3 is 0 Å². The highest BCUT2D eigenvalue weighted by molar-refractivity contribution is 7.13. The maximum absolute atomic E-state index is 12.3. The Bertz CT molecular complexity index is 609. The predicted molar refractivity (Wildman–Crippen MR) is 87.5 cm³/mol. The van der Waals surface area contributed by atoms with Crippen LogP contribution in [0.25, 0.3) is 10.4 Å². The molecule has 1 aromatic heterocycles. The summed E-state index contributed by atoms with van der Waals surface area (Å²) >= 11 is 1.74. The zero-order valence-corrected chi connectivity index (χ0v) is 13.0. The molecular formula is C17H20N2OS. The van der Waals surface area contributed by atoms with Gasteiger partial charge in [0, 0.05) is 24.5 Å². The molecule has 1 saturated heterocycles. The Morgan fingerprint density at radius 3 is 3.00 bits per heavy atom. The quantitative estimate of drug-likeness (QED) is 0.941. The van der Waals surface area contributed by atoms with Crippen molar-refractivity contribution in [1.29, 1.82) is 0 Å². The molecule has 0 saturated carbocycles. The van der Waals surface area contributed by atoms with Gasteiger partial charge in [0.05, 0.1) is 6.04 Å². The van der Waals surface area contributed by atoms with Crippen molar-refractivity contribution in [2.24, 2.45) is 0 Å².